The topological polar surface area (TPSA) is 17.0 Å². The van der Waals surface area contributed by atoms with Crippen molar-refractivity contribution in [3.8, 4) is 0 Å². The second-order valence-electron chi connectivity index (χ2n) is 4.96. The maximum Gasteiger partial charge on any atom is 0.0504 e. The van der Waals surface area contributed by atoms with Crippen LogP contribution in [0, 0.1) is 5.92 Å². The summed E-state index contributed by atoms with van der Waals surface area (Å²) in [6.45, 7) is 2.29. The molecular weight excluding hydrogens is 184 g/mol. The minimum atomic E-state index is 0.633. The van der Waals surface area contributed by atoms with Crippen molar-refractivity contribution in [3.05, 3.63) is 24.0 Å². The molecule has 82 valence electrons. The molecule has 0 unspecified atom stereocenters. The Hall–Kier alpha value is -0.760. The Morgan fingerprint density at radius 2 is 2.07 bits per heavy atom. The lowest BCUT2D eigenvalue weighted by Gasteiger charge is -2.35. The predicted molar refractivity (Wildman–Crippen MR) is 61.8 cm³/mol. The van der Waals surface area contributed by atoms with Crippen molar-refractivity contribution in [2.75, 3.05) is 6.54 Å². The Morgan fingerprint density at radius 1 is 1.20 bits per heavy atom. The number of nitrogens with zero attached hydrogens (tertiary/aromatic N) is 1. The van der Waals surface area contributed by atoms with Gasteiger partial charge < -0.3 is 9.88 Å². The lowest BCUT2D eigenvalue weighted by atomic mass is 9.82. The van der Waals surface area contributed by atoms with E-state index < -0.39 is 0 Å². The van der Waals surface area contributed by atoms with E-state index in [1.165, 1.54) is 37.8 Å². The lowest BCUT2D eigenvalue weighted by molar-refractivity contribution is 0.246. The first-order valence-corrected chi connectivity index (χ1v) is 6.33. The van der Waals surface area contributed by atoms with Gasteiger partial charge in [0, 0.05) is 25.0 Å². The van der Waals surface area contributed by atoms with Crippen molar-refractivity contribution in [2.24, 2.45) is 5.92 Å². The molecule has 2 heterocycles. The fraction of sp³-hybridized carbons (Fsp3) is 0.692. The number of fused-ring (bicyclic) bond motifs is 1. The summed E-state index contributed by atoms with van der Waals surface area (Å²) in [7, 11) is 0. The van der Waals surface area contributed by atoms with Gasteiger partial charge in [0.25, 0.3) is 0 Å². The first-order valence-electron chi connectivity index (χ1n) is 6.33. The summed E-state index contributed by atoms with van der Waals surface area (Å²) in [5.74, 6) is 0.882. The monoisotopic (exact) mass is 204 g/mol. The second-order valence-corrected chi connectivity index (χ2v) is 4.96. The van der Waals surface area contributed by atoms with Gasteiger partial charge in [0.2, 0.25) is 0 Å². The first kappa shape index (κ1) is 9.46. The zero-order chi connectivity index (χ0) is 10.1. The van der Waals surface area contributed by atoms with Gasteiger partial charge >= 0.3 is 0 Å². The predicted octanol–water partition coefficient (Wildman–Crippen LogP) is 2.71. The van der Waals surface area contributed by atoms with Gasteiger partial charge in [-0.2, -0.15) is 0 Å². The molecular formula is C13H20N2. The largest absolute Gasteiger partial charge is 0.349 e. The Labute approximate surface area is 91.7 Å². The van der Waals surface area contributed by atoms with Crippen LogP contribution < -0.4 is 5.32 Å². The molecule has 1 saturated carbocycles. The molecule has 0 aromatic carbocycles. The molecule has 1 aliphatic carbocycles. The van der Waals surface area contributed by atoms with Crippen molar-refractivity contribution >= 4 is 0 Å². The third-order valence-corrected chi connectivity index (χ3v) is 4.02. The third kappa shape index (κ3) is 1.71. The van der Waals surface area contributed by atoms with Gasteiger partial charge in [-0.1, -0.05) is 19.3 Å². The van der Waals surface area contributed by atoms with Gasteiger partial charge in [-0.05, 0) is 30.9 Å². The summed E-state index contributed by atoms with van der Waals surface area (Å²) in [6.07, 6.45) is 9.38. The molecule has 0 spiro atoms. The molecule has 0 radical (unpaired) electrons. The van der Waals surface area contributed by atoms with Crippen LogP contribution in [0.25, 0.3) is 0 Å². The highest BCUT2D eigenvalue weighted by molar-refractivity contribution is 5.15. The quantitative estimate of drug-likeness (QED) is 0.744. The zero-order valence-corrected chi connectivity index (χ0v) is 9.28. The number of hydrogen-bond donors (Lipinski definition) is 1. The average molecular weight is 204 g/mol. The summed E-state index contributed by atoms with van der Waals surface area (Å²) < 4.78 is 2.43. The minimum absolute atomic E-state index is 0.633. The normalized spacial score (nSPS) is 27.6. The van der Waals surface area contributed by atoms with Crippen LogP contribution in [0.15, 0.2) is 18.3 Å². The standard InChI is InChI=1S/C13H20N2/c1-2-5-11(6-3-1)13-12-7-4-9-15(12)10-8-14-13/h4,7,9,11,13-14H,1-3,5-6,8,10H2/t13-/m1/s1. The van der Waals surface area contributed by atoms with Gasteiger partial charge in [0.05, 0.1) is 6.04 Å². The SMILES string of the molecule is c1cc2n(c1)CCN[C@@H]2C1CCCCC1. The van der Waals surface area contributed by atoms with Gasteiger partial charge in [0.15, 0.2) is 0 Å². The number of rotatable bonds is 1. The highest BCUT2D eigenvalue weighted by Gasteiger charge is 2.28. The molecule has 1 fully saturated rings. The van der Waals surface area contributed by atoms with E-state index in [9.17, 15) is 0 Å². The third-order valence-electron chi connectivity index (χ3n) is 4.02. The van der Waals surface area contributed by atoms with Crippen molar-refractivity contribution < 1.29 is 0 Å². The average Bonchev–Trinajstić information content (AvgIpc) is 2.78. The van der Waals surface area contributed by atoms with E-state index >= 15 is 0 Å². The van der Waals surface area contributed by atoms with Crippen LogP contribution >= 0.6 is 0 Å². The van der Waals surface area contributed by atoms with Crippen LogP contribution in [0.4, 0.5) is 0 Å². The molecule has 2 aliphatic rings. The molecule has 2 heteroatoms. The molecule has 1 aromatic rings. The smallest absolute Gasteiger partial charge is 0.0504 e. The van der Waals surface area contributed by atoms with E-state index in [4.69, 9.17) is 0 Å². The maximum atomic E-state index is 3.71. The fourth-order valence-corrected chi connectivity index (χ4v) is 3.23. The molecule has 1 N–H and O–H groups in total. The summed E-state index contributed by atoms with van der Waals surface area (Å²) >= 11 is 0. The number of hydrogen-bond acceptors (Lipinski definition) is 1. The van der Waals surface area contributed by atoms with Crippen LogP contribution in [0.3, 0.4) is 0 Å². The van der Waals surface area contributed by atoms with Crippen LogP contribution in [0.1, 0.15) is 43.8 Å². The molecule has 15 heavy (non-hydrogen) atoms. The van der Waals surface area contributed by atoms with Gasteiger partial charge in [0.1, 0.15) is 0 Å². The molecule has 3 rings (SSSR count). The summed E-state index contributed by atoms with van der Waals surface area (Å²) in [5.41, 5.74) is 1.52. The second kappa shape index (κ2) is 4.01. The Bertz CT molecular complexity index is 323. The summed E-state index contributed by atoms with van der Waals surface area (Å²) in [4.78, 5) is 0. The van der Waals surface area contributed by atoms with Crippen molar-refractivity contribution in [2.45, 2.75) is 44.7 Å². The van der Waals surface area contributed by atoms with E-state index in [-0.39, 0.29) is 0 Å². The molecule has 2 nitrogen and oxygen atoms in total. The van der Waals surface area contributed by atoms with E-state index in [1.54, 1.807) is 0 Å². The highest BCUT2D eigenvalue weighted by Crippen LogP contribution is 2.35. The Kier molecular flexibility index (Phi) is 2.53. The molecule has 1 aliphatic heterocycles. The molecule has 0 amide bonds. The van der Waals surface area contributed by atoms with Crippen LogP contribution in [-0.2, 0) is 6.54 Å². The molecule has 0 saturated heterocycles. The van der Waals surface area contributed by atoms with Gasteiger partial charge in [-0.25, -0.2) is 0 Å². The fourth-order valence-electron chi connectivity index (χ4n) is 3.23. The lowest BCUT2D eigenvalue weighted by Crippen LogP contribution is -2.37. The van der Waals surface area contributed by atoms with Crippen molar-refractivity contribution in [3.63, 3.8) is 0 Å². The molecule has 1 aromatic heterocycles. The Morgan fingerprint density at radius 3 is 2.93 bits per heavy atom. The van der Waals surface area contributed by atoms with Crippen LogP contribution in [0.5, 0.6) is 0 Å². The van der Waals surface area contributed by atoms with Crippen LogP contribution in [-0.4, -0.2) is 11.1 Å². The zero-order valence-electron chi connectivity index (χ0n) is 9.28. The molecule has 0 bridgehead atoms. The van der Waals surface area contributed by atoms with Gasteiger partial charge in [-0.15, -0.1) is 0 Å². The van der Waals surface area contributed by atoms with Crippen molar-refractivity contribution in [1.82, 2.24) is 9.88 Å². The van der Waals surface area contributed by atoms with Crippen molar-refractivity contribution in [1.29, 1.82) is 0 Å². The summed E-state index contributed by atoms with van der Waals surface area (Å²) in [5, 5.41) is 3.71. The molecule has 1 atom stereocenters. The van der Waals surface area contributed by atoms with E-state index in [2.05, 4.69) is 28.2 Å². The van der Waals surface area contributed by atoms with Crippen LogP contribution in [0.2, 0.25) is 0 Å². The maximum absolute atomic E-state index is 3.71. The minimum Gasteiger partial charge on any atom is -0.349 e. The number of aromatic nitrogens is 1. The summed E-state index contributed by atoms with van der Waals surface area (Å²) in [6, 6.07) is 5.12. The van der Waals surface area contributed by atoms with E-state index in [0.29, 0.717) is 6.04 Å². The van der Waals surface area contributed by atoms with E-state index in [1.807, 2.05) is 0 Å². The van der Waals surface area contributed by atoms with Gasteiger partial charge in [-0.3, -0.25) is 0 Å². The highest BCUT2D eigenvalue weighted by atomic mass is 15.1. The first-order chi connectivity index (χ1) is 7.45. The Balaban J connectivity index is 1.82. The van der Waals surface area contributed by atoms with E-state index in [0.717, 1.165) is 19.0 Å². The number of nitrogens with one attached hydrogen (secondary N) is 1.